The highest BCUT2D eigenvalue weighted by molar-refractivity contribution is 5.65. The maximum Gasteiger partial charge on any atom is 0.302 e. The summed E-state index contributed by atoms with van der Waals surface area (Å²) >= 11 is 0. The van der Waals surface area contributed by atoms with Gasteiger partial charge in [-0.15, -0.1) is 0 Å². The summed E-state index contributed by atoms with van der Waals surface area (Å²) in [6.45, 7) is 1.08. The summed E-state index contributed by atoms with van der Waals surface area (Å²) in [6, 6.07) is 9.33. The van der Waals surface area contributed by atoms with Crippen molar-refractivity contribution >= 4 is 5.97 Å². The van der Waals surface area contributed by atoms with Gasteiger partial charge in [0.25, 0.3) is 0 Å². The van der Waals surface area contributed by atoms with Gasteiger partial charge in [-0.2, -0.15) is 0 Å². The third-order valence-electron chi connectivity index (χ3n) is 2.19. The van der Waals surface area contributed by atoms with Crippen molar-refractivity contribution in [3.63, 3.8) is 0 Å². The van der Waals surface area contributed by atoms with E-state index in [9.17, 15) is 15.0 Å². The van der Waals surface area contributed by atoms with Crippen molar-refractivity contribution < 1.29 is 19.7 Å². The van der Waals surface area contributed by atoms with Crippen molar-refractivity contribution in [2.24, 2.45) is 0 Å². The van der Waals surface area contributed by atoms with Gasteiger partial charge in [0.05, 0.1) is 6.10 Å². The fourth-order valence-corrected chi connectivity index (χ4v) is 1.31. The lowest BCUT2D eigenvalue weighted by Crippen LogP contribution is -2.32. The standard InChI is InChI=1S/C12H16O4/c1-9(13)16-8-12(15)11(14)7-10-5-3-2-4-6-10/h2-6,11-12,14-15H,7-8H2,1H3/t11-,12-/m0/s1. The molecule has 4 nitrogen and oxygen atoms in total. The molecule has 0 radical (unpaired) electrons. The van der Waals surface area contributed by atoms with Crippen LogP contribution in [-0.2, 0) is 16.0 Å². The van der Waals surface area contributed by atoms with Crippen molar-refractivity contribution in [1.29, 1.82) is 0 Å². The number of hydrogen-bond donors (Lipinski definition) is 2. The third kappa shape index (κ3) is 4.42. The van der Waals surface area contributed by atoms with Crippen molar-refractivity contribution in [3.05, 3.63) is 35.9 Å². The summed E-state index contributed by atoms with van der Waals surface area (Å²) in [7, 11) is 0. The number of rotatable bonds is 5. The van der Waals surface area contributed by atoms with Gasteiger partial charge in [-0.1, -0.05) is 30.3 Å². The van der Waals surface area contributed by atoms with Crippen molar-refractivity contribution in [3.8, 4) is 0 Å². The van der Waals surface area contributed by atoms with Crippen molar-refractivity contribution in [2.75, 3.05) is 6.61 Å². The SMILES string of the molecule is CC(=O)OC[C@H](O)[C@@H](O)Cc1ccccc1. The van der Waals surface area contributed by atoms with Gasteiger partial charge in [-0.25, -0.2) is 0 Å². The molecule has 4 heteroatoms. The summed E-state index contributed by atoms with van der Waals surface area (Å²) in [5.41, 5.74) is 0.928. The average molecular weight is 224 g/mol. The predicted octanol–water partition coefficient (Wildman–Crippen LogP) is 0.514. The Morgan fingerprint density at radius 3 is 2.44 bits per heavy atom. The molecule has 0 spiro atoms. The lowest BCUT2D eigenvalue weighted by atomic mass is 10.0. The van der Waals surface area contributed by atoms with E-state index in [0.717, 1.165) is 5.56 Å². The second-order valence-electron chi connectivity index (χ2n) is 3.63. The molecule has 0 bridgehead atoms. The minimum atomic E-state index is -1.05. The Balaban J connectivity index is 2.39. The molecule has 0 aliphatic rings. The van der Waals surface area contributed by atoms with Crippen LogP contribution in [-0.4, -0.2) is 35.0 Å². The smallest absolute Gasteiger partial charge is 0.302 e. The molecule has 2 N–H and O–H groups in total. The van der Waals surface area contributed by atoms with Crippen LogP contribution in [0.25, 0.3) is 0 Å². The molecule has 1 aromatic carbocycles. The van der Waals surface area contributed by atoms with E-state index in [1.807, 2.05) is 30.3 Å². The number of ether oxygens (including phenoxy) is 1. The first kappa shape index (κ1) is 12.7. The third-order valence-corrected chi connectivity index (χ3v) is 2.19. The van der Waals surface area contributed by atoms with Crippen LogP contribution in [0.1, 0.15) is 12.5 Å². The van der Waals surface area contributed by atoms with Crippen LogP contribution in [0, 0.1) is 0 Å². The summed E-state index contributed by atoms with van der Waals surface area (Å²) in [4.78, 5) is 10.5. The lowest BCUT2D eigenvalue weighted by molar-refractivity contribution is -0.146. The molecule has 0 unspecified atom stereocenters. The quantitative estimate of drug-likeness (QED) is 0.715. The van der Waals surface area contributed by atoms with E-state index < -0.39 is 18.2 Å². The minimum Gasteiger partial charge on any atom is -0.463 e. The van der Waals surface area contributed by atoms with Crippen LogP contribution in [0.15, 0.2) is 30.3 Å². The van der Waals surface area contributed by atoms with E-state index in [4.69, 9.17) is 0 Å². The first-order chi connectivity index (χ1) is 7.59. The molecule has 0 saturated carbocycles. The van der Waals surface area contributed by atoms with E-state index in [-0.39, 0.29) is 6.61 Å². The fraction of sp³-hybridized carbons (Fsp3) is 0.417. The molecule has 0 aliphatic heterocycles. The molecular formula is C12H16O4. The number of carbonyl (C=O) groups is 1. The van der Waals surface area contributed by atoms with Gasteiger partial charge in [0.1, 0.15) is 12.7 Å². The molecule has 0 heterocycles. The summed E-state index contributed by atoms with van der Waals surface area (Å²) < 4.78 is 4.61. The zero-order valence-electron chi connectivity index (χ0n) is 9.17. The van der Waals surface area contributed by atoms with Gasteiger partial charge in [-0.3, -0.25) is 4.79 Å². The first-order valence-electron chi connectivity index (χ1n) is 5.13. The largest absolute Gasteiger partial charge is 0.463 e. The first-order valence-corrected chi connectivity index (χ1v) is 5.13. The summed E-state index contributed by atoms with van der Waals surface area (Å²) in [6.07, 6.45) is -1.64. The molecule has 0 aliphatic carbocycles. The van der Waals surface area contributed by atoms with Gasteiger partial charge in [0.2, 0.25) is 0 Å². The monoisotopic (exact) mass is 224 g/mol. The van der Waals surface area contributed by atoms with Gasteiger partial charge in [-0.05, 0) is 5.56 Å². The molecule has 0 aromatic heterocycles. The highest BCUT2D eigenvalue weighted by atomic mass is 16.5. The number of aliphatic hydroxyl groups is 2. The number of aliphatic hydroxyl groups excluding tert-OH is 2. The number of esters is 1. The molecule has 0 fully saturated rings. The van der Waals surface area contributed by atoms with Crippen LogP contribution >= 0.6 is 0 Å². The maximum atomic E-state index is 10.5. The van der Waals surface area contributed by atoms with Gasteiger partial charge in [0.15, 0.2) is 0 Å². The van der Waals surface area contributed by atoms with E-state index >= 15 is 0 Å². The number of hydrogen-bond acceptors (Lipinski definition) is 4. The Labute approximate surface area is 94.5 Å². The molecule has 0 saturated heterocycles. The molecule has 0 amide bonds. The van der Waals surface area contributed by atoms with E-state index in [2.05, 4.69) is 4.74 Å². The molecule has 1 rings (SSSR count). The Hall–Kier alpha value is -1.39. The predicted molar refractivity (Wildman–Crippen MR) is 58.8 cm³/mol. The van der Waals surface area contributed by atoms with Crippen LogP contribution in [0.4, 0.5) is 0 Å². The zero-order valence-corrected chi connectivity index (χ0v) is 9.17. The highest BCUT2D eigenvalue weighted by Crippen LogP contribution is 2.06. The zero-order chi connectivity index (χ0) is 12.0. The van der Waals surface area contributed by atoms with E-state index in [1.54, 1.807) is 0 Å². The average Bonchev–Trinajstić information content (AvgIpc) is 2.27. The maximum absolute atomic E-state index is 10.5. The molecule has 2 atom stereocenters. The number of benzene rings is 1. The second kappa shape index (κ2) is 6.25. The minimum absolute atomic E-state index is 0.177. The Kier molecular flexibility index (Phi) is 4.95. The fourth-order valence-electron chi connectivity index (χ4n) is 1.31. The van der Waals surface area contributed by atoms with Crippen LogP contribution < -0.4 is 0 Å². The molecule has 1 aromatic rings. The van der Waals surface area contributed by atoms with Crippen molar-refractivity contribution in [1.82, 2.24) is 0 Å². The van der Waals surface area contributed by atoms with Gasteiger partial charge < -0.3 is 14.9 Å². The van der Waals surface area contributed by atoms with Crippen LogP contribution in [0.3, 0.4) is 0 Å². The van der Waals surface area contributed by atoms with E-state index in [1.165, 1.54) is 6.92 Å². The summed E-state index contributed by atoms with van der Waals surface area (Å²) in [5.74, 6) is -0.467. The Morgan fingerprint density at radius 1 is 1.25 bits per heavy atom. The Bertz CT molecular complexity index is 323. The molecule has 16 heavy (non-hydrogen) atoms. The van der Waals surface area contributed by atoms with Gasteiger partial charge in [0, 0.05) is 13.3 Å². The Morgan fingerprint density at radius 2 is 1.88 bits per heavy atom. The van der Waals surface area contributed by atoms with E-state index in [0.29, 0.717) is 6.42 Å². The van der Waals surface area contributed by atoms with Crippen molar-refractivity contribution in [2.45, 2.75) is 25.6 Å². The topological polar surface area (TPSA) is 66.8 Å². The number of carbonyl (C=O) groups excluding carboxylic acids is 1. The molecule has 88 valence electrons. The van der Waals surface area contributed by atoms with Crippen LogP contribution in [0.5, 0.6) is 0 Å². The highest BCUT2D eigenvalue weighted by Gasteiger charge is 2.17. The summed E-state index contributed by atoms with van der Waals surface area (Å²) in [5, 5.41) is 19.1. The van der Waals surface area contributed by atoms with Crippen LogP contribution in [0.2, 0.25) is 0 Å². The van der Waals surface area contributed by atoms with Gasteiger partial charge >= 0.3 is 5.97 Å². The normalized spacial score (nSPS) is 14.2. The lowest BCUT2D eigenvalue weighted by Gasteiger charge is -2.17. The molecular weight excluding hydrogens is 208 g/mol. The second-order valence-corrected chi connectivity index (χ2v) is 3.63.